The van der Waals surface area contributed by atoms with Crippen molar-refractivity contribution in [3.8, 4) is 0 Å². The number of fused-ring (bicyclic) bond motifs is 1. The lowest BCUT2D eigenvalue weighted by Gasteiger charge is -2.25. The van der Waals surface area contributed by atoms with Gasteiger partial charge in [-0.25, -0.2) is 0 Å². The zero-order valence-electron chi connectivity index (χ0n) is 15.8. The third kappa shape index (κ3) is 5.40. The van der Waals surface area contributed by atoms with E-state index >= 15 is 0 Å². The van der Waals surface area contributed by atoms with Gasteiger partial charge in [-0.15, -0.1) is 12.4 Å². The Hall–Kier alpha value is -2.24. The molecule has 0 atom stereocenters. The van der Waals surface area contributed by atoms with Crippen LogP contribution >= 0.6 is 12.4 Å². The number of hydrogen-bond donors (Lipinski definition) is 1. The van der Waals surface area contributed by atoms with E-state index in [4.69, 9.17) is 0 Å². The highest BCUT2D eigenvalue weighted by Crippen LogP contribution is 2.29. The average molecular weight is 409 g/mol. The van der Waals surface area contributed by atoms with Gasteiger partial charge in [-0.2, -0.15) is 13.2 Å². The lowest BCUT2D eigenvalue weighted by Crippen LogP contribution is -2.30. The van der Waals surface area contributed by atoms with E-state index in [1.807, 2.05) is 18.3 Å². The summed E-state index contributed by atoms with van der Waals surface area (Å²) >= 11 is 0. The monoisotopic (exact) mass is 408 g/mol. The fraction of sp³-hybridized carbons (Fsp3) is 0.273. The molecule has 0 bridgehead atoms. The van der Waals surface area contributed by atoms with Gasteiger partial charge in [0.2, 0.25) is 0 Å². The van der Waals surface area contributed by atoms with Crippen LogP contribution in [0.15, 0.2) is 60.8 Å². The molecule has 0 aliphatic rings. The third-order valence-electron chi connectivity index (χ3n) is 4.67. The minimum Gasteiger partial charge on any atom is -0.361 e. The maximum absolute atomic E-state index is 12.6. The van der Waals surface area contributed by atoms with Gasteiger partial charge in [0.1, 0.15) is 0 Å². The number of aromatic nitrogens is 1. The van der Waals surface area contributed by atoms with E-state index in [-0.39, 0.29) is 12.4 Å². The zero-order chi connectivity index (χ0) is 19.4. The van der Waals surface area contributed by atoms with Crippen LogP contribution in [-0.2, 0) is 12.7 Å². The second-order valence-corrected chi connectivity index (χ2v) is 6.90. The molecule has 3 aromatic rings. The lowest BCUT2D eigenvalue weighted by atomic mass is 10.1. The number of H-pyrrole nitrogens is 1. The van der Waals surface area contributed by atoms with Gasteiger partial charge in [-0.1, -0.05) is 42.5 Å². The molecule has 2 nitrogen and oxygen atoms in total. The molecule has 3 rings (SSSR count). The van der Waals surface area contributed by atoms with E-state index in [1.54, 1.807) is 0 Å². The standard InChI is InChI=1S/C22H23F3N2.ClH/c1-16(2)27(15-19-7-3-6-18-12-13-26-21(18)19)14-4-5-17-8-10-20(11-9-17)22(23,24)25;/h3-13,16,26H,14-15H2,1-2H3;1H/b5-4+;. The fourth-order valence-corrected chi connectivity index (χ4v) is 3.07. The second-order valence-electron chi connectivity index (χ2n) is 6.90. The fourth-order valence-electron chi connectivity index (χ4n) is 3.07. The molecular weight excluding hydrogens is 385 g/mol. The van der Waals surface area contributed by atoms with Crippen molar-refractivity contribution in [3.63, 3.8) is 0 Å². The molecule has 0 saturated heterocycles. The largest absolute Gasteiger partial charge is 0.416 e. The van der Waals surface area contributed by atoms with Gasteiger partial charge < -0.3 is 4.98 Å². The summed E-state index contributed by atoms with van der Waals surface area (Å²) in [6.07, 6.45) is 1.51. The average Bonchev–Trinajstić information content (AvgIpc) is 3.10. The van der Waals surface area contributed by atoms with Crippen molar-refractivity contribution >= 4 is 29.4 Å². The number of aromatic amines is 1. The maximum Gasteiger partial charge on any atom is 0.416 e. The number of hydrogen-bond acceptors (Lipinski definition) is 1. The SMILES string of the molecule is CC(C)N(C/C=C/c1ccc(C(F)(F)F)cc1)Cc1cccc2cc[nH]c12.Cl. The summed E-state index contributed by atoms with van der Waals surface area (Å²) in [7, 11) is 0. The zero-order valence-corrected chi connectivity index (χ0v) is 16.6. The highest BCUT2D eigenvalue weighted by atomic mass is 35.5. The van der Waals surface area contributed by atoms with Crippen LogP contribution in [0.3, 0.4) is 0 Å². The summed E-state index contributed by atoms with van der Waals surface area (Å²) in [5.41, 5.74) is 2.52. The van der Waals surface area contributed by atoms with E-state index < -0.39 is 11.7 Å². The Kier molecular flexibility index (Phi) is 7.33. The molecule has 0 amide bonds. The Morgan fingerprint density at radius 1 is 1.04 bits per heavy atom. The molecular formula is C22H24ClF3N2. The molecule has 28 heavy (non-hydrogen) atoms. The van der Waals surface area contributed by atoms with Gasteiger partial charge >= 0.3 is 6.18 Å². The molecule has 150 valence electrons. The van der Waals surface area contributed by atoms with Crippen LogP contribution in [0.1, 0.15) is 30.5 Å². The van der Waals surface area contributed by atoms with E-state index in [0.717, 1.165) is 36.3 Å². The predicted octanol–water partition coefficient (Wildman–Crippen LogP) is 6.53. The second kappa shape index (κ2) is 9.30. The number of para-hydroxylation sites is 1. The van der Waals surface area contributed by atoms with Gasteiger partial charge in [-0.05, 0) is 48.6 Å². The van der Waals surface area contributed by atoms with Crippen molar-refractivity contribution in [2.75, 3.05) is 6.54 Å². The molecule has 1 aromatic heterocycles. The Labute approximate surface area is 169 Å². The maximum atomic E-state index is 12.6. The van der Waals surface area contributed by atoms with E-state index in [1.165, 1.54) is 23.1 Å². The quantitative estimate of drug-likeness (QED) is 0.491. The summed E-state index contributed by atoms with van der Waals surface area (Å²) in [5, 5.41) is 1.19. The van der Waals surface area contributed by atoms with Crippen molar-refractivity contribution < 1.29 is 13.2 Å². The van der Waals surface area contributed by atoms with Crippen LogP contribution in [-0.4, -0.2) is 22.5 Å². The molecule has 0 saturated carbocycles. The van der Waals surface area contributed by atoms with Crippen LogP contribution in [0.25, 0.3) is 17.0 Å². The first kappa shape index (κ1) is 22.1. The smallest absolute Gasteiger partial charge is 0.361 e. The minimum atomic E-state index is -4.30. The van der Waals surface area contributed by atoms with Crippen molar-refractivity contribution in [1.29, 1.82) is 0 Å². The van der Waals surface area contributed by atoms with Gasteiger partial charge in [0.25, 0.3) is 0 Å². The predicted molar refractivity (Wildman–Crippen MR) is 112 cm³/mol. The van der Waals surface area contributed by atoms with E-state index in [2.05, 4.69) is 48.0 Å². The third-order valence-corrected chi connectivity index (χ3v) is 4.67. The molecule has 0 aliphatic heterocycles. The highest BCUT2D eigenvalue weighted by Gasteiger charge is 2.29. The first-order valence-electron chi connectivity index (χ1n) is 8.97. The van der Waals surface area contributed by atoms with Crippen LogP contribution < -0.4 is 0 Å². The van der Waals surface area contributed by atoms with Crippen LogP contribution in [0.2, 0.25) is 0 Å². The van der Waals surface area contributed by atoms with Crippen LogP contribution in [0.5, 0.6) is 0 Å². The first-order chi connectivity index (χ1) is 12.8. The lowest BCUT2D eigenvalue weighted by molar-refractivity contribution is -0.137. The Morgan fingerprint density at radius 2 is 1.75 bits per heavy atom. The molecule has 2 aromatic carbocycles. The minimum absolute atomic E-state index is 0. The Balaban J connectivity index is 0.00000280. The molecule has 0 radical (unpaired) electrons. The summed E-state index contributed by atoms with van der Waals surface area (Å²) in [6.45, 7) is 5.80. The summed E-state index contributed by atoms with van der Waals surface area (Å²) in [4.78, 5) is 5.61. The number of nitrogens with one attached hydrogen (secondary N) is 1. The number of rotatable bonds is 6. The normalized spacial score (nSPS) is 12.2. The number of nitrogens with zero attached hydrogens (tertiary/aromatic N) is 1. The van der Waals surface area contributed by atoms with Crippen molar-refractivity contribution in [2.24, 2.45) is 0 Å². The molecule has 1 N–H and O–H groups in total. The number of halogens is 4. The Morgan fingerprint density at radius 3 is 2.39 bits per heavy atom. The Bertz CT molecular complexity index is 911. The van der Waals surface area contributed by atoms with Gasteiger partial charge in [-0.3, -0.25) is 4.90 Å². The van der Waals surface area contributed by atoms with Crippen molar-refractivity contribution in [2.45, 2.75) is 32.6 Å². The molecule has 1 heterocycles. The van der Waals surface area contributed by atoms with E-state index in [9.17, 15) is 13.2 Å². The van der Waals surface area contributed by atoms with Gasteiger partial charge in [0, 0.05) is 30.8 Å². The summed E-state index contributed by atoms with van der Waals surface area (Å²) in [6, 6.07) is 13.9. The molecule has 0 unspecified atom stereocenters. The first-order valence-corrected chi connectivity index (χ1v) is 8.97. The topological polar surface area (TPSA) is 19.0 Å². The molecule has 0 aliphatic carbocycles. The number of benzene rings is 2. The van der Waals surface area contributed by atoms with Crippen LogP contribution in [0, 0.1) is 0 Å². The van der Waals surface area contributed by atoms with Crippen LogP contribution in [0.4, 0.5) is 13.2 Å². The number of alkyl halides is 3. The summed E-state index contributed by atoms with van der Waals surface area (Å²) < 4.78 is 37.9. The van der Waals surface area contributed by atoms with Gasteiger partial charge in [0.05, 0.1) is 5.56 Å². The van der Waals surface area contributed by atoms with Gasteiger partial charge in [0.15, 0.2) is 0 Å². The molecule has 6 heteroatoms. The highest BCUT2D eigenvalue weighted by molar-refractivity contribution is 5.85. The molecule has 0 spiro atoms. The van der Waals surface area contributed by atoms with Crippen molar-refractivity contribution in [1.82, 2.24) is 9.88 Å². The summed E-state index contributed by atoms with van der Waals surface area (Å²) in [5.74, 6) is 0. The molecule has 0 fully saturated rings. The van der Waals surface area contributed by atoms with Crippen molar-refractivity contribution in [3.05, 3.63) is 77.5 Å². The van der Waals surface area contributed by atoms with E-state index in [0.29, 0.717) is 6.04 Å².